The van der Waals surface area contributed by atoms with Crippen molar-refractivity contribution in [2.24, 2.45) is 0 Å². The average Bonchev–Trinajstić information content (AvgIpc) is 2.49. The van der Waals surface area contributed by atoms with Crippen LogP contribution < -0.4 is 0 Å². The Balaban J connectivity index is 2.12. The van der Waals surface area contributed by atoms with E-state index in [2.05, 4.69) is 4.98 Å². The monoisotopic (exact) mass is 179 g/mol. The van der Waals surface area contributed by atoms with E-state index in [1.54, 1.807) is 6.20 Å². The first-order valence-electron chi connectivity index (χ1n) is 4.49. The smallest absolute Gasteiger partial charge is 0.201 e. The number of pyridine rings is 1. The summed E-state index contributed by atoms with van der Waals surface area (Å²) < 4.78 is 11.1. The quantitative estimate of drug-likeness (QED) is 0.659. The largest absolute Gasteiger partial charge is 0.341 e. The van der Waals surface area contributed by atoms with E-state index in [1.165, 1.54) is 0 Å². The summed E-state index contributed by atoms with van der Waals surface area (Å²) in [5.74, 6) is 0. The van der Waals surface area contributed by atoms with Crippen LogP contribution in [0.15, 0.2) is 24.4 Å². The number of rotatable bonds is 1. The molecule has 2 atom stereocenters. The molecule has 2 rings (SSSR count). The van der Waals surface area contributed by atoms with Crippen LogP contribution in [0.2, 0.25) is 0 Å². The molecule has 1 saturated heterocycles. The third kappa shape index (κ3) is 1.71. The fraction of sp³-hybridized carbons (Fsp3) is 0.500. The van der Waals surface area contributed by atoms with E-state index in [0.717, 1.165) is 5.69 Å². The molecule has 1 fully saturated rings. The van der Waals surface area contributed by atoms with E-state index in [-0.39, 0.29) is 18.5 Å². The van der Waals surface area contributed by atoms with Gasteiger partial charge in [0.1, 0.15) is 0 Å². The predicted octanol–water partition coefficient (Wildman–Crippen LogP) is 1.90. The van der Waals surface area contributed by atoms with E-state index in [0.29, 0.717) is 0 Å². The molecule has 1 aliphatic heterocycles. The van der Waals surface area contributed by atoms with Gasteiger partial charge in [-0.05, 0) is 26.0 Å². The van der Waals surface area contributed by atoms with Crippen LogP contribution in [0.3, 0.4) is 0 Å². The predicted molar refractivity (Wildman–Crippen MR) is 48.1 cm³/mol. The molecule has 0 amide bonds. The summed E-state index contributed by atoms with van der Waals surface area (Å²) in [4.78, 5) is 4.18. The molecule has 1 aromatic rings. The number of aromatic nitrogens is 1. The van der Waals surface area contributed by atoms with Gasteiger partial charge in [-0.2, -0.15) is 0 Å². The Morgan fingerprint density at radius 2 is 1.85 bits per heavy atom. The molecule has 0 radical (unpaired) electrons. The Hall–Kier alpha value is -0.930. The molecule has 0 aliphatic carbocycles. The van der Waals surface area contributed by atoms with Crippen LogP contribution in [0.25, 0.3) is 0 Å². The van der Waals surface area contributed by atoms with Crippen molar-refractivity contribution in [1.82, 2.24) is 4.98 Å². The summed E-state index contributed by atoms with van der Waals surface area (Å²) in [6.07, 6.45) is 1.75. The van der Waals surface area contributed by atoms with Crippen LogP contribution in [0.1, 0.15) is 25.8 Å². The molecule has 1 aliphatic rings. The summed E-state index contributed by atoms with van der Waals surface area (Å²) in [5, 5.41) is 0. The average molecular weight is 179 g/mol. The number of nitrogens with zero attached hydrogens (tertiary/aromatic N) is 1. The van der Waals surface area contributed by atoms with Gasteiger partial charge in [0.25, 0.3) is 0 Å². The summed E-state index contributed by atoms with van der Waals surface area (Å²) in [5.41, 5.74) is 0.846. The van der Waals surface area contributed by atoms with Crippen LogP contribution >= 0.6 is 0 Å². The number of hydrogen-bond acceptors (Lipinski definition) is 3. The molecule has 0 saturated carbocycles. The highest BCUT2D eigenvalue weighted by molar-refractivity contribution is 5.05. The highest BCUT2D eigenvalue weighted by atomic mass is 16.7. The zero-order valence-electron chi connectivity index (χ0n) is 7.81. The van der Waals surface area contributed by atoms with Crippen LogP contribution in [0, 0.1) is 0 Å². The molecule has 13 heavy (non-hydrogen) atoms. The molecule has 0 spiro atoms. The SMILES string of the molecule is C[C@H]1OC(c2ccccn2)O[C@@H]1C. The van der Waals surface area contributed by atoms with Crippen LogP contribution in [0.4, 0.5) is 0 Å². The van der Waals surface area contributed by atoms with Crippen LogP contribution in [-0.2, 0) is 9.47 Å². The van der Waals surface area contributed by atoms with Crippen molar-refractivity contribution < 1.29 is 9.47 Å². The molecule has 0 aromatic carbocycles. The summed E-state index contributed by atoms with van der Waals surface area (Å²) in [6.45, 7) is 4.02. The van der Waals surface area contributed by atoms with Gasteiger partial charge in [0, 0.05) is 6.20 Å². The van der Waals surface area contributed by atoms with Crippen molar-refractivity contribution in [3.63, 3.8) is 0 Å². The van der Waals surface area contributed by atoms with Gasteiger partial charge in [-0.25, -0.2) is 0 Å². The van der Waals surface area contributed by atoms with Crippen molar-refractivity contribution in [3.05, 3.63) is 30.1 Å². The number of hydrogen-bond donors (Lipinski definition) is 0. The van der Waals surface area contributed by atoms with Crippen LogP contribution in [0.5, 0.6) is 0 Å². The van der Waals surface area contributed by atoms with Gasteiger partial charge in [-0.3, -0.25) is 4.98 Å². The first-order chi connectivity index (χ1) is 6.27. The Morgan fingerprint density at radius 1 is 1.15 bits per heavy atom. The summed E-state index contributed by atoms with van der Waals surface area (Å²) in [7, 11) is 0. The lowest BCUT2D eigenvalue weighted by atomic mass is 10.3. The molecule has 0 N–H and O–H groups in total. The zero-order chi connectivity index (χ0) is 9.26. The van der Waals surface area contributed by atoms with Gasteiger partial charge in [0.2, 0.25) is 6.29 Å². The van der Waals surface area contributed by atoms with E-state index in [9.17, 15) is 0 Å². The standard InChI is InChI=1S/C10H13NO2/c1-7-8(2)13-10(12-7)9-5-3-4-6-11-9/h3-8,10H,1-2H3/t7-,8-/m1/s1. The molecular weight excluding hydrogens is 166 g/mol. The maximum absolute atomic E-state index is 5.57. The fourth-order valence-electron chi connectivity index (χ4n) is 1.30. The van der Waals surface area contributed by atoms with Gasteiger partial charge in [-0.15, -0.1) is 0 Å². The maximum atomic E-state index is 5.57. The third-order valence-electron chi connectivity index (χ3n) is 2.27. The van der Waals surface area contributed by atoms with Crippen molar-refractivity contribution in [2.75, 3.05) is 0 Å². The molecule has 3 nitrogen and oxygen atoms in total. The minimum Gasteiger partial charge on any atom is -0.341 e. The molecule has 0 bridgehead atoms. The van der Waals surface area contributed by atoms with Gasteiger partial charge in [-0.1, -0.05) is 6.07 Å². The van der Waals surface area contributed by atoms with Gasteiger partial charge in [0.05, 0.1) is 17.9 Å². The Labute approximate surface area is 77.7 Å². The highest BCUT2D eigenvalue weighted by Crippen LogP contribution is 2.29. The van der Waals surface area contributed by atoms with Gasteiger partial charge in [0.15, 0.2) is 0 Å². The minimum absolute atomic E-state index is 0.145. The van der Waals surface area contributed by atoms with Crippen LogP contribution in [-0.4, -0.2) is 17.2 Å². The van der Waals surface area contributed by atoms with Crippen molar-refractivity contribution >= 4 is 0 Å². The summed E-state index contributed by atoms with van der Waals surface area (Å²) >= 11 is 0. The van der Waals surface area contributed by atoms with Crippen molar-refractivity contribution in [1.29, 1.82) is 0 Å². The Kier molecular flexibility index (Phi) is 2.29. The summed E-state index contributed by atoms with van der Waals surface area (Å²) in [6, 6.07) is 5.73. The highest BCUT2D eigenvalue weighted by Gasteiger charge is 2.31. The Morgan fingerprint density at radius 3 is 2.38 bits per heavy atom. The first kappa shape index (κ1) is 8.66. The fourth-order valence-corrected chi connectivity index (χ4v) is 1.30. The molecular formula is C10H13NO2. The maximum Gasteiger partial charge on any atom is 0.201 e. The lowest BCUT2D eigenvalue weighted by Gasteiger charge is -2.07. The van der Waals surface area contributed by atoms with Crippen molar-refractivity contribution in [2.45, 2.75) is 32.3 Å². The van der Waals surface area contributed by atoms with E-state index < -0.39 is 0 Å². The lowest BCUT2D eigenvalue weighted by Crippen LogP contribution is -2.13. The first-order valence-corrected chi connectivity index (χ1v) is 4.49. The molecule has 3 heteroatoms. The lowest BCUT2D eigenvalue weighted by molar-refractivity contribution is -0.0682. The minimum atomic E-state index is -0.286. The molecule has 2 heterocycles. The second kappa shape index (κ2) is 3.44. The Bertz CT molecular complexity index is 266. The second-order valence-corrected chi connectivity index (χ2v) is 3.27. The second-order valence-electron chi connectivity index (χ2n) is 3.27. The number of ether oxygens (including phenoxy) is 2. The van der Waals surface area contributed by atoms with Gasteiger partial charge < -0.3 is 9.47 Å². The third-order valence-corrected chi connectivity index (χ3v) is 2.27. The van der Waals surface area contributed by atoms with E-state index in [1.807, 2.05) is 32.0 Å². The van der Waals surface area contributed by atoms with E-state index >= 15 is 0 Å². The van der Waals surface area contributed by atoms with Gasteiger partial charge >= 0.3 is 0 Å². The molecule has 70 valence electrons. The zero-order valence-corrected chi connectivity index (χ0v) is 7.81. The topological polar surface area (TPSA) is 31.4 Å². The normalized spacial score (nSPS) is 29.4. The van der Waals surface area contributed by atoms with Crippen molar-refractivity contribution in [3.8, 4) is 0 Å². The molecule has 0 unspecified atom stereocenters. The van der Waals surface area contributed by atoms with E-state index in [4.69, 9.17) is 9.47 Å². The molecule has 1 aromatic heterocycles.